The zero-order valence-corrected chi connectivity index (χ0v) is 10.0. The number of sulfonamides is 1. The van der Waals surface area contributed by atoms with Crippen LogP contribution in [0.2, 0.25) is 0 Å². The minimum atomic E-state index is -3.32. The Hall–Kier alpha value is -0.170. The van der Waals surface area contributed by atoms with E-state index in [-0.39, 0.29) is 25.1 Å². The summed E-state index contributed by atoms with van der Waals surface area (Å²) in [6.07, 6.45) is 1.47. The Kier molecular flexibility index (Phi) is 4.11. The van der Waals surface area contributed by atoms with Crippen molar-refractivity contribution in [3.63, 3.8) is 0 Å². The number of hydrogen-bond acceptors (Lipinski definition) is 4. The highest BCUT2D eigenvalue weighted by molar-refractivity contribution is 7.89. The largest absolute Gasteiger partial charge is 0.394 e. The lowest BCUT2D eigenvalue weighted by Crippen LogP contribution is -2.41. The summed E-state index contributed by atoms with van der Waals surface area (Å²) < 4.78 is 30.7. The van der Waals surface area contributed by atoms with Gasteiger partial charge in [-0.1, -0.05) is 0 Å². The third-order valence-corrected chi connectivity index (χ3v) is 3.78. The van der Waals surface area contributed by atoms with E-state index >= 15 is 0 Å². The standard InChI is InChI=1S/C9H19NO4S/c1-8(2)14-5-6-15(12,13)10-9(7-11)3-4-9/h8,10-11H,3-7H2,1-2H3. The van der Waals surface area contributed by atoms with Gasteiger partial charge in [0.2, 0.25) is 10.0 Å². The number of hydrogen-bond donors (Lipinski definition) is 2. The van der Waals surface area contributed by atoms with Gasteiger partial charge in [0.1, 0.15) is 0 Å². The second-order valence-electron chi connectivity index (χ2n) is 4.28. The molecule has 1 fully saturated rings. The molecule has 90 valence electrons. The Morgan fingerprint density at radius 3 is 2.47 bits per heavy atom. The molecule has 0 bridgehead atoms. The topological polar surface area (TPSA) is 75.6 Å². The highest BCUT2D eigenvalue weighted by Crippen LogP contribution is 2.35. The summed E-state index contributed by atoms with van der Waals surface area (Å²) in [5.74, 6) is -0.0487. The molecule has 6 heteroatoms. The van der Waals surface area contributed by atoms with Crippen LogP contribution in [0.1, 0.15) is 26.7 Å². The summed E-state index contributed by atoms with van der Waals surface area (Å²) in [6.45, 7) is 3.78. The average Bonchev–Trinajstić information content (AvgIpc) is 2.83. The molecular weight excluding hydrogens is 218 g/mol. The number of ether oxygens (including phenoxy) is 1. The van der Waals surface area contributed by atoms with Crippen molar-refractivity contribution in [1.29, 1.82) is 0 Å². The fraction of sp³-hybridized carbons (Fsp3) is 1.00. The van der Waals surface area contributed by atoms with Crippen LogP contribution in [0.3, 0.4) is 0 Å². The maximum absolute atomic E-state index is 11.5. The molecule has 1 aliphatic rings. The molecule has 5 nitrogen and oxygen atoms in total. The monoisotopic (exact) mass is 237 g/mol. The van der Waals surface area contributed by atoms with E-state index in [1.54, 1.807) is 0 Å². The van der Waals surface area contributed by atoms with Crippen molar-refractivity contribution in [2.75, 3.05) is 19.0 Å². The molecule has 15 heavy (non-hydrogen) atoms. The minimum Gasteiger partial charge on any atom is -0.394 e. The van der Waals surface area contributed by atoms with Gasteiger partial charge in [-0.25, -0.2) is 13.1 Å². The molecule has 0 amide bonds. The highest BCUT2D eigenvalue weighted by atomic mass is 32.2. The van der Waals surface area contributed by atoms with E-state index < -0.39 is 15.6 Å². The van der Waals surface area contributed by atoms with Crippen LogP contribution < -0.4 is 4.72 Å². The molecule has 1 aliphatic carbocycles. The highest BCUT2D eigenvalue weighted by Gasteiger charge is 2.45. The molecule has 2 N–H and O–H groups in total. The quantitative estimate of drug-likeness (QED) is 0.646. The van der Waals surface area contributed by atoms with E-state index in [2.05, 4.69) is 4.72 Å². The summed E-state index contributed by atoms with van der Waals surface area (Å²) in [6, 6.07) is 0. The molecule has 0 unspecified atom stereocenters. The molecule has 0 aromatic rings. The van der Waals surface area contributed by atoms with E-state index in [1.807, 2.05) is 13.8 Å². The lowest BCUT2D eigenvalue weighted by Gasteiger charge is -2.15. The molecular formula is C9H19NO4S. The SMILES string of the molecule is CC(C)OCCS(=O)(=O)NC1(CO)CC1. The molecule has 0 aromatic heterocycles. The van der Waals surface area contributed by atoms with Crippen LogP contribution >= 0.6 is 0 Å². The van der Waals surface area contributed by atoms with Crippen molar-refractivity contribution in [2.24, 2.45) is 0 Å². The Balaban J connectivity index is 2.33. The van der Waals surface area contributed by atoms with Crippen molar-refractivity contribution in [3.8, 4) is 0 Å². The zero-order chi connectivity index (χ0) is 11.5. The van der Waals surface area contributed by atoms with Gasteiger partial charge in [-0.2, -0.15) is 0 Å². The molecule has 1 saturated carbocycles. The first-order chi connectivity index (χ1) is 6.89. The predicted molar refractivity (Wildman–Crippen MR) is 57.1 cm³/mol. The first kappa shape index (κ1) is 12.9. The van der Waals surface area contributed by atoms with Crippen LogP contribution in [-0.2, 0) is 14.8 Å². The third kappa shape index (κ3) is 4.46. The summed E-state index contributed by atoms with van der Waals surface area (Å²) in [4.78, 5) is 0. The van der Waals surface area contributed by atoms with Gasteiger partial charge in [0.25, 0.3) is 0 Å². The fourth-order valence-corrected chi connectivity index (χ4v) is 2.56. The van der Waals surface area contributed by atoms with E-state index in [9.17, 15) is 8.42 Å². The van der Waals surface area contributed by atoms with Crippen molar-refractivity contribution < 1.29 is 18.3 Å². The number of rotatable bonds is 7. The predicted octanol–water partition coefficient (Wildman–Crippen LogP) is -0.144. The summed E-state index contributed by atoms with van der Waals surface area (Å²) in [5, 5.41) is 8.98. The average molecular weight is 237 g/mol. The smallest absolute Gasteiger partial charge is 0.214 e. The van der Waals surface area contributed by atoms with Crippen LogP contribution in [0, 0.1) is 0 Å². The van der Waals surface area contributed by atoms with Crippen LogP contribution in [-0.4, -0.2) is 44.1 Å². The van der Waals surface area contributed by atoms with Gasteiger partial charge in [0.05, 0.1) is 30.6 Å². The van der Waals surface area contributed by atoms with Crippen molar-refractivity contribution in [1.82, 2.24) is 4.72 Å². The van der Waals surface area contributed by atoms with Gasteiger partial charge < -0.3 is 9.84 Å². The molecule has 0 radical (unpaired) electrons. The molecule has 0 heterocycles. The normalized spacial score (nSPS) is 19.5. The Labute approximate surface area is 90.9 Å². The molecule has 0 aliphatic heterocycles. The summed E-state index contributed by atoms with van der Waals surface area (Å²) in [5.41, 5.74) is -0.573. The van der Waals surface area contributed by atoms with Gasteiger partial charge >= 0.3 is 0 Å². The van der Waals surface area contributed by atoms with E-state index in [0.717, 1.165) is 0 Å². The maximum atomic E-state index is 11.5. The van der Waals surface area contributed by atoms with Crippen LogP contribution in [0.25, 0.3) is 0 Å². The molecule has 0 aromatic carbocycles. The third-order valence-electron chi connectivity index (χ3n) is 2.33. The second-order valence-corrected chi connectivity index (χ2v) is 6.12. The Morgan fingerprint density at radius 1 is 1.47 bits per heavy atom. The summed E-state index contributed by atoms with van der Waals surface area (Å²) >= 11 is 0. The first-order valence-electron chi connectivity index (χ1n) is 5.13. The lowest BCUT2D eigenvalue weighted by atomic mass is 10.3. The van der Waals surface area contributed by atoms with Crippen molar-refractivity contribution in [2.45, 2.75) is 38.3 Å². The van der Waals surface area contributed by atoms with Gasteiger partial charge in [0, 0.05) is 0 Å². The van der Waals surface area contributed by atoms with Crippen LogP contribution in [0.15, 0.2) is 0 Å². The lowest BCUT2D eigenvalue weighted by molar-refractivity contribution is 0.0910. The number of aliphatic hydroxyl groups is 1. The van der Waals surface area contributed by atoms with Gasteiger partial charge in [0.15, 0.2) is 0 Å². The van der Waals surface area contributed by atoms with E-state index in [4.69, 9.17) is 9.84 Å². The molecule has 0 saturated heterocycles. The maximum Gasteiger partial charge on any atom is 0.214 e. The molecule has 1 rings (SSSR count). The van der Waals surface area contributed by atoms with Gasteiger partial charge in [-0.3, -0.25) is 0 Å². The fourth-order valence-electron chi connectivity index (χ4n) is 1.22. The Bertz CT molecular complexity index is 295. The van der Waals surface area contributed by atoms with E-state index in [1.165, 1.54) is 0 Å². The second kappa shape index (κ2) is 4.78. The van der Waals surface area contributed by atoms with Gasteiger partial charge in [-0.15, -0.1) is 0 Å². The minimum absolute atomic E-state index is 0.0351. The molecule has 0 spiro atoms. The Morgan fingerprint density at radius 2 is 2.07 bits per heavy atom. The van der Waals surface area contributed by atoms with Crippen molar-refractivity contribution >= 4 is 10.0 Å². The zero-order valence-electron chi connectivity index (χ0n) is 9.19. The van der Waals surface area contributed by atoms with Crippen molar-refractivity contribution in [3.05, 3.63) is 0 Å². The van der Waals surface area contributed by atoms with Crippen LogP contribution in [0.5, 0.6) is 0 Å². The van der Waals surface area contributed by atoms with Crippen LogP contribution in [0.4, 0.5) is 0 Å². The first-order valence-corrected chi connectivity index (χ1v) is 6.78. The number of aliphatic hydroxyl groups excluding tert-OH is 1. The number of nitrogens with one attached hydrogen (secondary N) is 1. The van der Waals surface area contributed by atoms with Gasteiger partial charge in [-0.05, 0) is 26.7 Å². The molecule has 0 atom stereocenters. The summed E-state index contributed by atoms with van der Waals surface area (Å²) in [7, 11) is -3.32. The van der Waals surface area contributed by atoms with E-state index in [0.29, 0.717) is 12.8 Å².